The molecule has 0 aromatic heterocycles. The highest BCUT2D eigenvalue weighted by Crippen LogP contribution is 2.48. The third-order valence-electron chi connectivity index (χ3n) is 6.63. The van der Waals surface area contributed by atoms with Crippen molar-refractivity contribution < 1.29 is 10.2 Å². The van der Waals surface area contributed by atoms with Gasteiger partial charge in [0.1, 0.15) is 0 Å². The molecule has 0 aliphatic heterocycles. The van der Waals surface area contributed by atoms with E-state index in [2.05, 4.69) is 49.5 Å². The standard InChI is InChI=1S/C26H39NO2/c1-3-27-13-6-4-5-9-21-15-22-18-26(29)24(25(22)17-21)12-11-23(28)16-20-10-7-8-19(2)14-20/h7-8,10-12,14-15,22-29H,3-6,9,13,16-18H2,1-2H3/b12-11+/t22-,23-,24+,25-,26+/m0/s1. The number of unbranched alkanes of at least 4 members (excludes halogenated alkanes) is 2. The minimum Gasteiger partial charge on any atom is -0.392 e. The summed E-state index contributed by atoms with van der Waals surface area (Å²) in [7, 11) is 0. The number of rotatable bonds is 11. The lowest BCUT2D eigenvalue weighted by Gasteiger charge is -2.19. The number of allylic oxidation sites excluding steroid dienone is 2. The molecule has 5 atom stereocenters. The van der Waals surface area contributed by atoms with Crippen molar-refractivity contribution in [3.63, 3.8) is 0 Å². The van der Waals surface area contributed by atoms with E-state index in [1.165, 1.54) is 31.2 Å². The average molecular weight is 398 g/mol. The Morgan fingerprint density at radius 1 is 1.24 bits per heavy atom. The van der Waals surface area contributed by atoms with E-state index in [0.717, 1.165) is 31.5 Å². The summed E-state index contributed by atoms with van der Waals surface area (Å²) in [4.78, 5) is 0. The van der Waals surface area contributed by atoms with Gasteiger partial charge >= 0.3 is 0 Å². The fourth-order valence-electron chi connectivity index (χ4n) is 5.15. The average Bonchev–Trinajstić information content (AvgIpc) is 3.19. The van der Waals surface area contributed by atoms with E-state index in [1.54, 1.807) is 5.57 Å². The number of aliphatic hydroxyl groups excluding tert-OH is 2. The second kappa shape index (κ2) is 11.1. The Labute approximate surface area is 176 Å². The number of hydrogen-bond acceptors (Lipinski definition) is 3. The van der Waals surface area contributed by atoms with Crippen LogP contribution >= 0.6 is 0 Å². The van der Waals surface area contributed by atoms with Crippen LogP contribution in [0.3, 0.4) is 0 Å². The van der Waals surface area contributed by atoms with Crippen LogP contribution in [0.2, 0.25) is 0 Å². The molecule has 0 bridgehead atoms. The molecular weight excluding hydrogens is 358 g/mol. The first kappa shape index (κ1) is 22.3. The third-order valence-corrected chi connectivity index (χ3v) is 6.63. The molecule has 3 N–H and O–H groups in total. The molecule has 1 fully saturated rings. The Bertz CT molecular complexity index is 696. The minimum absolute atomic E-state index is 0.176. The second-order valence-electron chi connectivity index (χ2n) is 9.05. The molecule has 0 heterocycles. The van der Waals surface area contributed by atoms with Crippen LogP contribution in [-0.2, 0) is 6.42 Å². The molecular formula is C26H39NO2. The zero-order chi connectivity index (χ0) is 20.6. The van der Waals surface area contributed by atoms with Gasteiger partial charge in [-0.15, -0.1) is 0 Å². The molecule has 1 saturated carbocycles. The van der Waals surface area contributed by atoms with Gasteiger partial charge in [0.15, 0.2) is 0 Å². The Morgan fingerprint density at radius 3 is 2.90 bits per heavy atom. The highest BCUT2D eigenvalue weighted by atomic mass is 16.3. The Balaban J connectivity index is 1.46. The van der Waals surface area contributed by atoms with Crippen molar-refractivity contribution in [2.75, 3.05) is 13.1 Å². The predicted octanol–water partition coefficient (Wildman–Crippen LogP) is 4.57. The van der Waals surface area contributed by atoms with E-state index in [1.807, 2.05) is 12.1 Å². The summed E-state index contributed by atoms with van der Waals surface area (Å²) < 4.78 is 0. The van der Waals surface area contributed by atoms with Gasteiger partial charge in [0, 0.05) is 12.3 Å². The van der Waals surface area contributed by atoms with Crippen molar-refractivity contribution >= 4 is 0 Å². The maximum atomic E-state index is 10.5. The molecule has 0 amide bonds. The molecule has 3 rings (SSSR count). The van der Waals surface area contributed by atoms with Crippen LogP contribution in [0.5, 0.6) is 0 Å². The van der Waals surface area contributed by atoms with Crippen molar-refractivity contribution in [3.05, 3.63) is 59.2 Å². The van der Waals surface area contributed by atoms with Crippen molar-refractivity contribution in [3.8, 4) is 0 Å². The van der Waals surface area contributed by atoms with Gasteiger partial charge in [-0.05, 0) is 69.5 Å². The largest absolute Gasteiger partial charge is 0.392 e. The molecule has 0 saturated heterocycles. The maximum absolute atomic E-state index is 10.5. The lowest BCUT2D eigenvalue weighted by atomic mass is 9.88. The Kier molecular flexibility index (Phi) is 8.53. The van der Waals surface area contributed by atoms with Crippen LogP contribution in [0.15, 0.2) is 48.1 Å². The summed E-state index contributed by atoms with van der Waals surface area (Å²) in [6.07, 6.45) is 13.4. The number of aryl methyl sites for hydroxylation is 1. The molecule has 0 spiro atoms. The highest BCUT2D eigenvalue weighted by Gasteiger charge is 2.43. The molecule has 2 aliphatic rings. The molecule has 1 aromatic rings. The van der Waals surface area contributed by atoms with Crippen molar-refractivity contribution in [1.29, 1.82) is 0 Å². The van der Waals surface area contributed by atoms with Gasteiger partial charge in [-0.2, -0.15) is 0 Å². The maximum Gasteiger partial charge on any atom is 0.0761 e. The number of hydrogen-bond donors (Lipinski definition) is 3. The molecule has 3 heteroatoms. The number of aliphatic hydroxyl groups is 2. The Hall–Kier alpha value is -1.42. The van der Waals surface area contributed by atoms with Gasteiger partial charge in [-0.25, -0.2) is 0 Å². The second-order valence-corrected chi connectivity index (χ2v) is 9.05. The normalized spacial score (nSPS) is 27.4. The van der Waals surface area contributed by atoms with E-state index >= 15 is 0 Å². The van der Waals surface area contributed by atoms with Crippen molar-refractivity contribution in [2.45, 2.75) is 71.0 Å². The summed E-state index contributed by atoms with van der Waals surface area (Å²) in [5.74, 6) is 1.21. The first-order valence-electron chi connectivity index (χ1n) is 11.6. The van der Waals surface area contributed by atoms with E-state index in [-0.39, 0.29) is 12.0 Å². The minimum atomic E-state index is -0.492. The van der Waals surface area contributed by atoms with Crippen LogP contribution in [0.1, 0.15) is 56.6 Å². The topological polar surface area (TPSA) is 52.5 Å². The predicted molar refractivity (Wildman–Crippen MR) is 121 cm³/mol. The summed E-state index contributed by atoms with van der Waals surface area (Å²) in [6.45, 7) is 6.42. The van der Waals surface area contributed by atoms with Crippen LogP contribution in [0.4, 0.5) is 0 Å². The van der Waals surface area contributed by atoms with Gasteiger partial charge < -0.3 is 15.5 Å². The quantitative estimate of drug-likeness (QED) is 0.379. The summed E-state index contributed by atoms with van der Waals surface area (Å²) in [6, 6.07) is 8.31. The van der Waals surface area contributed by atoms with Gasteiger partial charge in [0.25, 0.3) is 0 Å². The van der Waals surface area contributed by atoms with Crippen LogP contribution in [0.25, 0.3) is 0 Å². The van der Waals surface area contributed by atoms with Crippen molar-refractivity contribution in [1.82, 2.24) is 5.32 Å². The molecule has 1 aromatic carbocycles. The first-order chi connectivity index (χ1) is 14.1. The highest BCUT2D eigenvalue weighted by molar-refractivity contribution is 5.24. The zero-order valence-electron chi connectivity index (χ0n) is 18.2. The van der Waals surface area contributed by atoms with Gasteiger partial charge in [-0.3, -0.25) is 0 Å². The molecule has 0 radical (unpaired) electrons. The number of benzene rings is 1. The number of fused-ring (bicyclic) bond motifs is 1. The summed E-state index contributed by atoms with van der Waals surface area (Å²) in [5, 5.41) is 24.4. The van der Waals surface area contributed by atoms with E-state index in [0.29, 0.717) is 18.3 Å². The molecule has 29 heavy (non-hydrogen) atoms. The first-order valence-corrected chi connectivity index (χ1v) is 11.6. The van der Waals surface area contributed by atoms with E-state index in [4.69, 9.17) is 0 Å². The lowest BCUT2D eigenvalue weighted by Crippen LogP contribution is -2.18. The fraction of sp³-hybridized carbons (Fsp3) is 0.615. The SMILES string of the molecule is CCNCCCCCC1=C[C@H]2C[C@@H](O)[C@H](/C=C/[C@H](O)Cc3cccc(C)c3)[C@H]2C1. The summed E-state index contributed by atoms with van der Waals surface area (Å²) >= 11 is 0. The lowest BCUT2D eigenvalue weighted by molar-refractivity contribution is 0.140. The monoisotopic (exact) mass is 397 g/mol. The van der Waals surface area contributed by atoms with Gasteiger partial charge in [0.05, 0.1) is 12.2 Å². The van der Waals surface area contributed by atoms with Gasteiger partial charge in [0.2, 0.25) is 0 Å². The van der Waals surface area contributed by atoms with Crippen LogP contribution in [0, 0.1) is 24.7 Å². The summed E-state index contributed by atoms with van der Waals surface area (Å²) in [5.41, 5.74) is 3.97. The van der Waals surface area contributed by atoms with E-state index in [9.17, 15) is 10.2 Å². The van der Waals surface area contributed by atoms with Crippen LogP contribution < -0.4 is 5.32 Å². The molecule has 0 unspecified atom stereocenters. The molecule has 3 nitrogen and oxygen atoms in total. The van der Waals surface area contributed by atoms with E-state index < -0.39 is 6.10 Å². The van der Waals surface area contributed by atoms with Crippen molar-refractivity contribution in [2.24, 2.45) is 17.8 Å². The fourth-order valence-corrected chi connectivity index (χ4v) is 5.15. The smallest absolute Gasteiger partial charge is 0.0761 e. The third kappa shape index (κ3) is 6.53. The molecule has 160 valence electrons. The van der Waals surface area contributed by atoms with Crippen LogP contribution in [-0.4, -0.2) is 35.5 Å². The zero-order valence-corrected chi connectivity index (χ0v) is 18.2. The molecule has 2 aliphatic carbocycles. The van der Waals surface area contributed by atoms with Gasteiger partial charge in [-0.1, -0.05) is 67.0 Å². The Morgan fingerprint density at radius 2 is 2.10 bits per heavy atom. The number of nitrogens with one attached hydrogen (secondary N) is 1.